The van der Waals surface area contributed by atoms with Crippen LogP contribution in [0.5, 0.6) is 5.75 Å². The van der Waals surface area contributed by atoms with E-state index in [4.69, 9.17) is 9.84 Å². The van der Waals surface area contributed by atoms with Gasteiger partial charge in [0.2, 0.25) is 5.91 Å². The zero-order valence-electron chi connectivity index (χ0n) is 19.6. The van der Waals surface area contributed by atoms with Gasteiger partial charge < -0.3 is 10.1 Å². The normalized spacial score (nSPS) is 21.1. The Balaban J connectivity index is 1.53. The molecule has 1 N–H and O–H groups in total. The van der Waals surface area contributed by atoms with E-state index in [9.17, 15) is 9.59 Å². The van der Waals surface area contributed by atoms with Gasteiger partial charge in [0.05, 0.1) is 18.5 Å². The molecular formula is C26H30N4O3S. The van der Waals surface area contributed by atoms with Crippen LogP contribution in [-0.2, 0) is 11.3 Å². The Morgan fingerprint density at radius 2 is 1.88 bits per heavy atom. The summed E-state index contributed by atoms with van der Waals surface area (Å²) in [4.78, 5) is 30.3. The Hall–Kier alpha value is -3.13. The number of fused-ring (bicyclic) bond motifs is 1. The van der Waals surface area contributed by atoms with Gasteiger partial charge in [0.25, 0.3) is 5.91 Å². The van der Waals surface area contributed by atoms with E-state index in [0.717, 1.165) is 36.3 Å². The lowest BCUT2D eigenvalue weighted by atomic mass is 9.93. The summed E-state index contributed by atoms with van der Waals surface area (Å²) in [5.41, 5.74) is 0.777. The molecule has 2 aliphatic rings. The molecule has 3 aromatic rings. The van der Waals surface area contributed by atoms with Gasteiger partial charge in [0, 0.05) is 11.7 Å². The third kappa shape index (κ3) is 4.11. The third-order valence-corrected chi connectivity index (χ3v) is 7.83. The summed E-state index contributed by atoms with van der Waals surface area (Å²) in [5, 5.41) is 9.99. The summed E-state index contributed by atoms with van der Waals surface area (Å²) in [5.74, 6) is 0.329. The van der Waals surface area contributed by atoms with Crippen molar-refractivity contribution in [2.45, 2.75) is 63.6 Å². The summed E-state index contributed by atoms with van der Waals surface area (Å²) in [6, 6.07) is 13.2. The monoisotopic (exact) mass is 478 g/mol. The number of hydrogen-bond acceptors (Lipinski definition) is 5. The van der Waals surface area contributed by atoms with E-state index in [1.54, 1.807) is 28.0 Å². The Morgan fingerprint density at radius 1 is 1.15 bits per heavy atom. The van der Waals surface area contributed by atoms with Crippen molar-refractivity contribution >= 4 is 28.8 Å². The number of amides is 2. The second kappa shape index (κ2) is 9.25. The van der Waals surface area contributed by atoms with Crippen LogP contribution in [0.3, 0.4) is 0 Å². The van der Waals surface area contributed by atoms with Crippen LogP contribution in [0.4, 0.5) is 5.69 Å². The molecule has 0 radical (unpaired) electrons. The molecule has 0 unspecified atom stereocenters. The van der Waals surface area contributed by atoms with E-state index in [0.29, 0.717) is 17.1 Å². The summed E-state index contributed by atoms with van der Waals surface area (Å²) in [7, 11) is 1.61. The molecule has 3 heterocycles. The average Bonchev–Trinajstić information content (AvgIpc) is 3.45. The van der Waals surface area contributed by atoms with Crippen LogP contribution in [0.1, 0.15) is 55.9 Å². The number of benzene rings is 1. The van der Waals surface area contributed by atoms with Crippen LogP contribution < -0.4 is 15.0 Å². The lowest BCUT2D eigenvalue weighted by Crippen LogP contribution is -2.65. The van der Waals surface area contributed by atoms with E-state index >= 15 is 0 Å². The largest absolute Gasteiger partial charge is 0.497 e. The number of anilines is 1. The summed E-state index contributed by atoms with van der Waals surface area (Å²) in [6.07, 6.45) is 6.62. The SMILES string of the molecule is COc1ccc(N2C(=O)c3cc(-c4cccs4)nn3C[C@@]2(C)C(=O)NC2CCCCCC2)cc1. The zero-order chi connectivity index (χ0) is 23.7. The van der Waals surface area contributed by atoms with Gasteiger partial charge in [-0.2, -0.15) is 5.10 Å². The predicted octanol–water partition coefficient (Wildman–Crippen LogP) is 4.88. The minimum atomic E-state index is -1.12. The molecule has 8 heteroatoms. The van der Waals surface area contributed by atoms with Crippen LogP contribution in [0.2, 0.25) is 0 Å². The van der Waals surface area contributed by atoms with Gasteiger partial charge in [-0.05, 0) is 61.5 Å². The molecule has 7 nitrogen and oxygen atoms in total. The average molecular weight is 479 g/mol. The molecule has 1 fully saturated rings. The van der Waals surface area contributed by atoms with Crippen LogP contribution in [0, 0.1) is 0 Å². The van der Waals surface area contributed by atoms with Crippen molar-refractivity contribution < 1.29 is 14.3 Å². The van der Waals surface area contributed by atoms with Crippen molar-refractivity contribution in [3.8, 4) is 16.3 Å². The molecule has 1 atom stereocenters. The number of nitrogens with zero attached hydrogens (tertiary/aromatic N) is 3. The fraction of sp³-hybridized carbons (Fsp3) is 0.423. The third-order valence-electron chi connectivity index (χ3n) is 6.94. The highest BCUT2D eigenvalue weighted by Crippen LogP contribution is 2.36. The van der Waals surface area contributed by atoms with Crippen molar-refractivity contribution in [1.29, 1.82) is 0 Å². The van der Waals surface area contributed by atoms with Gasteiger partial charge in [-0.1, -0.05) is 31.7 Å². The van der Waals surface area contributed by atoms with Gasteiger partial charge in [-0.3, -0.25) is 19.2 Å². The predicted molar refractivity (Wildman–Crippen MR) is 133 cm³/mol. The quantitative estimate of drug-likeness (QED) is 0.531. The standard InChI is InChI=1S/C26H30N4O3S/c1-26(25(32)27-18-8-5-3-4-6-9-18)17-29-22(16-21(28-29)23-10-7-15-34-23)24(31)30(26)19-11-13-20(33-2)14-12-19/h7,10-16,18H,3-6,8-9,17H2,1-2H3,(H,27,32)/t26-/m0/s1. The van der Waals surface area contributed by atoms with E-state index in [2.05, 4.69) is 5.32 Å². The molecular weight excluding hydrogens is 448 g/mol. The molecule has 0 bridgehead atoms. The van der Waals surface area contributed by atoms with E-state index in [1.807, 2.05) is 54.8 Å². The number of rotatable bonds is 5. The van der Waals surface area contributed by atoms with Crippen LogP contribution >= 0.6 is 11.3 Å². The Bertz CT molecular complexity index is 1160. The molecule has 2 amide bonds. The van der Waals surface area contributed by atoms with Crippen molar-refractivity contribution in [1.82, 2.24) is 15.1 Å². The first-order chi connectivity index (χ1) is 16.5. The van der Waals surface area contributed by atoms with Gasteiger partial charge in [-0.25, -0.2) is 0 Å². The molecule has 1 aliphatic heterocycles. The number of carbonyl (C=O) groups is 2. The molecule has 1 saturated carbocycles. The van der Waals surface area contributed by atoms with Crippen molar-refractivity contribution in [2.75, 3.05) is 12.0 Å². The molecule has 0 spiro atoms. The smallest absolute Gasteiger partial charge is 0.277 e. The topological polar surface area (TPSA) is 76.5 Å². The molecule has 0 saturated heterocycles. The van der Waals surface area contributed by atoms with Crippen LogP contribution in [0.25, 0.3) is 10.6 Å². The lowest BCUT2D eigenvalue weighted by Gasteiger charge is -2.43. The van der Waals surface area contributed by atoms with E-state index in [-0.39, 0.29) is 24.4 Å². The summed E-state index contributed by atoms with van der Waals surface area (Å²) in [6.45, 7) is 2.13. The highest BCUT2D eigenvalue weighted by Gasteiger charge is 2.49. The maximum absolute atomic E-state index is 13.9. The van der Waals surface area contributed by atoms with Crippen molar-refractivity contribution in [2.24, 2.45) is 0 Å². The maximum Gasteiger partial charge on any atom is 0.277 e. The molecule has 1 aliphatic carbocycles. The number of nitrogens with one attached hydrogen (secondary N) is 1. The second-order valence-electron chi connectivity index (χ2n) is 9.32. The van der Waals surface area contributed by atoms with Crippen LogP contribution in [-0.4, -0.2) is 40.3 Å². The Kier molecular flexibility index (Phi) is 6.16. The molecule has 5 rings (SSSR count). The number of ether oxygens (including phenoxy) is 1. The van der Waals surface area contributed by atoms with Gasteiger partial charge in [0.1, 0.15) is 22.7 Å². The number of carbonyl (C=O) groups excluding carboxylic acids is 2. The first-order valence-corrected chi connectivity index (χ1v) is 12.8. The molecule has 1 aromatic carbocycles. The van der Waals surface area contributed by atoms with Gasteiger partial charge >= 0.3 is 0 Å². The summed E-state index contributed by atoms with van der Waals surface area (Å²) >= 11 is 1.58. The Morgan fingerprint density at radius 3 is 2.53 bits per heavy atom. The first-order valence-electron chi connectivity index (χ1n) is 11.9. The summed E-state index contributed by atoms with van der Waals surface area (Å²) < 4.78 is 7.00. The fourth-order valence-corrected chi connectivity index (χ4v) is 5.71. The minimum Gasteiger partial charge on any atom is -0.497 e. The number of hydrogen-bond donors (Lipinski definition) is 1. The zero-order valence-corrected chi connectivity index (χ0v) is 20.4. The molecule has 178 valence electrons. The number of methoxy groups -OCH3 is 1. The molecule has 2 aromatic heterocycles. The second-order valence-corrected chi connectivity index (χ2v) is 10.3. The maximum atomic E-state index is 13.9. The van der Waals surface area contributed by atoms with Crippen LogP contribution in [0.15, 0.2) is 47.8 Å². The fourth-order valence-electron chi connectivity index (χ4n) is 5.03. The van der Waals surface area contributed by atoms with E-state index in [1.165, 1.54) is 12.8 Å². The van der Waals surface area contributed by atoms with Gasteiger partial charge in [-0.15, -0.1) is 11.3 Å². The number of aromatic nitrogens is 2. The molecule has 34 heavy (non-hydrogen) atoms. The first kappa shape index (κ1) is 22.7. The van der Waals surface area contributed by atoms with Crippen molar-refractivity contribution in [3.63, 3.8) is 0 Å². The van der Waals surface area contributed by atoms with Crippen molar-refractivity contribution in [3.05, 3.63) is 53.5 Å². The minimum absolute atomic E-state index is 0.137. The Labute approximate surface area is 203 Å². The highest BCUT2D eigenvalue weighted by molar-refractivity contribution is 7.13. The van der Waals surface area contributed by atoms with E-state index < -0.39 is 5.54 Å². The number of thiophene rings is 1. The highest BCUT2D eigenvalue weighted by atomic mass is 32.1. The lowest BCUT2D eigenvalue weighted by molar-refractivity contribution is -0.127. The van der Waals surface area contributed by atoms with Gasteiger partial charge in [0.15, 0.2) is 0 Å².